The van der Waals surface area contributed by atoms with Crippen molar-refractivity contribution in [1.82, 2.24) is 9.38 Å². The van der Waals surface area contributed by atoms with Gasteiger partial charge in [0.15, 0.2) is 5.69 Å². The van der Waals surface area contributed by atoms with Crippen LogP contribution in [0.15, 0.2) is 48.5 Å². The molecule has 0 aliphatic rings. The zero-order valence-electron chi connectivity index (χ0n) is 9.96. The quantitative estimate of drug-likeness (QED) is 0.647. The molecule has 0 saturated carbocycles. The molecule has 3 nitrogen and oxygen atoms in total. The van der Waals surface area contributed by atoms with E-state index < -0.39 is 0 Å². The second-order valence-electron chi connectivity index (χ2n) is 4.15. The fraction of sp³-hybridized carbons (Fsp3) is 0.0667. The molecule has 0 unspecified atom stereocenters. The molecule has 0 fully saturated rings. The van der Waals surface area contributed by atoms with E-state index in [0.717, 1.165) is 22.6 Å². The monoisotopic (exact) mass is 233 g/mol. The van der Waals surface area contributed by atoms with Crippen LogP contribution in [0.3, 0.4) is 0 Å². The van der Waals surface area contributed by atoms with Crippen LogP contribution in [-0.2, 0) is 0 Å². The number of nitriles is 1. The third kappa shape index (κ3) is 1.47. The van der Waals surface area contributed by atoms with E-state index in [4.69, 9.17) is 5.26 Å². The Hall–Kier alpha value is -2.60. The average Bonchev–Trinajstić information content (AvgIpc) is 2.80. The minimum Gasteiger partial charge on any atom is -0.296 e. The van der Waals surface area contributed by atoms with Gasteiger partial charge in [0, 0.05) is 11.3 Å². The molecule has 2 heterocycles. The Labute approximate surface area is 105 Å². The molecule has 3 rings (SSSR count). The summed E-state index contributed by atoms with van der Waals surface area (Å²) in [4.78, 5) is 4.44. The number of hydrogen-bond donors (Lipinski definition) is 0. The van der Waals surface area contributed by atoms with Gasteiger partial charge in [-0.25, -0.2) is 4.98 Å². The van der Waals surface area contributed by atoms with E-state index in [1.54, 1.807) is 0 Å². The predicted octanol–water partition coefficient (Wildman–Crippen LogP) is 3.18. The Morgan fingerprint density at radius 3 is 2.56 bits per heavy atom. The highest BCUT2D eigenvalue weighted by Gasteiger charge is 2.12. The van der Waals surface area contributed by atoms with Crippen molar-refractivity contribution in [2.75, 3.05) is 0 Å². The molecular formula is C15H11N3. The summed E-state index contributed by atoms with van der Waals surface area (Å²) < 4.78 is 2.02. The zero-order chi connectivity index (χ0) is 12.5. The Balaban J connectivity index is 2.41. The lowest BCUT2D eigenvalue weighted by Gasteiger charge is -2.04. The minimum atomic E-state index is 0.470. The molecule has 0 bridgehead atoms. The van der Waals surface area contributed by atoms with E-state index in [0.29, 0.717) is 5.69 Å². The maximum Gasteiger partial charge on any atom is 0.166 e. The SMILES string of the molecule is Cc1cccc2c(C#N)nc(-c3ccccc3)n12. The fourth-order valence-corrected chi connectivity index (χ4v) is 2.16. The van der Waals surface area contributed by atoms with Crippen LogP contribution in [0.1, 0.15) is 11.4 Å². The van der Waals surface area contributed by atoms with Crippen LogP contribution in [-0.4, -0.2) is 9.38 Å². The molecule has 0 spiro atoms. The maximum atomic E-state index is 9.16. The van der Waals surface area contributed by atoms with Crippen molar-refractivity contribution in [3.63, 3.8) is 0 Å². The summed E-state index contributed by atoms with van der Waals surface area (Å²) in [6.45, 7) is 2.02. The van der Waals surface area contributed by atoms with E-state index in [9.17, 15) is 0 Å². The molecule has 1 aromatic carbocycles. The van der Waals surface area contributed by atoms with E-state index in [2.05, 4.69) is 11.1 Å². The van der Waals surface area contributed by atoms with Gasteiger partial charge < -0.3 is 0 Å². The third-order valence-electron chi connectivity index (χ3n) is 3.00. The fourth-order valence-electron chi connectivity index (χ4n) is 2.16. The van der Waals surface area contributed by atoms with Crippen LogP contribution in [0.5, 0.6) is 0 Å². The molecule has 3 aromatic rings. The van der Waals surface area contributed by atoms with Crippen molar-refractivity contribution in [3.05, 3.63) is 59.9 Å². The highest BCUT2D eigenvalue weighted by molar-refractivity contribution is 5.68. The highest BCUT2D eigenvalue weighted by atomic mass is 15.0. The molecule has 0 N–H and O–H groups in total. The van der Waals surface area contributed by atoms with Gasteiger partial charge in [0.25, 0.3) is 0 Å². The van der Waals surface area contributed by atoms with Crippen LogP contribution in [0.2, 0.25) is 0 Å². The van der Waals surface area contributed by atoms with Gasteiger partial charge in [0.2, 0.25) is 0 Å². The predicted molar refractivity (Wildman–Crippen MR) is 70.1 cm³/mol. The molecule has 0 amide bonds. The van der Waals surface area contributed by atoms with Crippen LogP contribution in [0.25, 0.3) is 16.9 Å². The summed E-state index contributed by atoms with van der Waals surface area (Å²) in [7, 11) is 0. The van der Waals surface area contributed by atoms with E-state index in [1.807, 2.05) is 59.9 Å². The van der Waals surface area contributed by atoms with Gasteiger partial charge >= 0.3 is 0 Å². The number of benzene rings is 1. The van der Waals surface area contributed by atoms with Gasteiger partial charge in [0.1, 0.15) is 11.9 Å². The van der Waals surface area contributed by atoms with Crippen LogP contribution >= 0.6 is 0 Å². The first-order chi connectivity index (χ1) is 8.81. The number of fused-ring (bicyclic) bond motifs is 1. The Morgan fingerprint density at radius 1 is 1.06 bits per heavy atom. The standard InChI is InChI=1S/C15H11N3/c1-11-6-5-9-14-13(10-16)17-15(18(11)14)12-7-3-2-4-8-12/h2-9H,1H3. The molecule has 0 aliphatic heterocycles. The minimum absolute atomic E-state index is 0.470. The molecule has 2 aromatic heterocycles. The molecular weight excluding hydrogens is 222 g/mol. The van der Waals surface area contributed by atoms with Gasteiger partial charge in [-0.15, -0.1) is 0 Å². The first-order valence-corrected chi connectivity index (χ1v) is 5.75. The first-order valence-electron chi connectivity index (χ1n) is 5.75. The van der Waals surface area contributed by atoms with Crippen molar-refractivity contribution in [2.45, 2.75) is 6.92 Å². The second-order valence-corrected chi connectivity index (χ2v) is 4.15. The van der Waals surface area contributed by atoms with E-state index in [-0.39, 0.29) is 0 Å². The second kappa shape index (κ2) is 4.01. The molecule has 0 radical (unpaired) electrons. The number of hydrogen-bond acceptors (Lipinski definition) is 2. The smallest absolute Gasteiger partial charge is 0.166 e. The number of pyridine rings is 1. The van der Waals surface area contributed by atoms with Crippen LogP contribution in [0.4, 0.5) is 0 Å². The highest BCUT2D eigenvalue weighted by Crippen LogP contribution is 2.23. The van der Waals surface area contributed by atoms with Crippen molar-refractivity contribution in [3.8, 4) is 17.5 Å². The van der Waals surface area contributed by atoms with Gasteiger partial charge in [-0.3, -0.25) is 4.40 Å². The molecule has 3 heteroatoms. The molecule has 0 saturated heterocycles. The van der Waals surface area contributed by atoms with Crippen molar-refractivity contribution < 1.29 is 0 Å². The number of aromatic nitrogens is 2. The molecule has 86 valence electrons. The topological polar surface area (TPSA) is 41.1 Å². The van der Waals surface area contributed by atoms with Crippen molar-refractivity contribution >= 4 is 5.52 Å². The Morgan fingerprint density at radius 2 is 1.83 bits per heavy atom. The summed E-state index contributed by atoms with van der Waals surface area (Å²) in [5, 5.41) is 9.16. The van der Waals surface area contributed by atoms with Crippen molar-refractivity contribution in [2.24, 2.45) is 0 Å². The van der Waals surface area contributed by atoms with Crippen LogP contribution < -0.4 is 0 Å². The Kier molecular flexibility index (Phi) is 2.35. The summed E-state index contributed by atoms with van der Waals surface area (Å²) in [5.74, 6) is 0.820. The number of nitrogens with zero attached hydrogens (tertiary/aromatic N) is 3. The third-order valence-corrected chi connectivity index (χ3v) is 3.00. The number of rotatable bonds is 1. The molecule has 0 atom stereocenters. The summed E-state index contributed by atoms with van der Waals surface area (Å²) in [6, 6.07) is 18.0. The van der Waals surface area contributed by atoms with E-state index in [1.165, 1.54) is 0 Å². The lowest BCUT2D eigenvalue weighted by molar-refractivity contribution is 1.08. The molecule has 0 aliphatic carbocycles. The van der Waals surface area contributed by atoms with Gasteiger partial charge in [0.05, 0.1) is 5.52 Å². The lowest BCUT2D eigenvalue weighted by Crippen LogP contribution is -1.93. The van der Waals surface area contributed by atoms with Gasteiger partial charge in [-0.05, 0) is 19.1 Å². The normalized spacial score (nSPS) is 10.4. The maximum absolute atomic E-state index is 9.16. The van der Waals surface area contributed by atoms with E-state index >= 15 is 0 Å². The zero-order valence-corrected chi connectivity index (χ0v) is 9.96. The Bertz CT molecular complexity index is 748. The average molecular weight is 233 g/mol. The summed E-state index contributed by atoms with van der Waals surface area (Å²) in [6.07, 6.45) is 0. The summed E-state index contributed by atoms with van der Waals surface area (Å²) >= 11 is 0. The van der Waals surface area contributed by atoms with Gasteiger partial charge in [-0.1, -0.05) is 36.4 Å². The summed E-state index contributed by atoms with van der Waals surface area (Å²) in [5.41, 5.74) is 3.41. The lowest BCUT2D eigenvalue weighted by atomic mass is 10.2. The van der Waals surface area contributed by atoms with Crippen molar-refractivity contribution in [1.29, 1.82) is 5.26 Å². The largest absolute Gasteiger partial charge is 0.296 e. The number of aryl methyl sites for hydroxylation is 1. The van der Waals surface area contributed by atoms with Crippen LogP contribution in [0, 0.1) is 18.3 Å². The van der Waals surface area contributed by atoms with Gasteiger partial charge in [-0.2, -0.15) is 5.26 Å². The molecule has 18 heavy (non-hydrogen) atoms. The first kappa shape index (κ1) is 10.5. The number of imidazole rings is 1.